The molecule has 7 nitrogen and oxygen atoms in total. The van der Waals surface area contributed by atoms with Gasteiger partial charge in [-0.25, -0.2) is 0 Å². The van der Waals surface area contributed by atoms with E-state index in [4.69, 9.17) is 4.74 Å². The number of anilines is 3. The second-order valence-corrected chi connectivity index (χ2v) is 5.97. The Morgan fingerprint density at radius 1 is 0.893 bits per heavy atom. The van der Waals surface area contributed by atoms with E-state index in [1.54, 1.807) is 36.4 Å². The third-order valence-electron chi connectivity index (χ3n) is 3.88. The summed E-state index contributed by atoms with van der Waals surface area (Å²) < 4.78 is 5.40. The van der Waals surface area contributed by atoms with Crippen LogP contribution in [0.25, 0.3) is 0 Å². The second-order valence-electron chi connectivity index (χ2n) is 5.97. The van der Waals surface area contributed by atoms with Gasteiger partial charge in [0.05, 0.1) is 6.61 Å². The van der Waals surface area contributed by atoms with E-state index in [-0.39, 0.29) is 17.4 Å². The number of ether oxygens (including phenoxy) is 1. The molecule has 0 aliphatic heterocycles. The van der Waals surface area contributed by atoms with Crippen molar-refractivity contribution < 1.29 is 14.3 Å². The number of rotatable bonds is 7. The Morgan fingerprint density at radius 2 is 1.57 bits per heavy atom. The lowest BCUT2D eigenvalue weighted by atomic mass is 10.1. The van der Waals surface area contributed by atoms with Crippen LogP contribution in [0.15, 0.2) is 60.7 Å². The Balaban J connectivity index is 1.61. The van der Waals surface area contributed by atoms with Gasteiger partial charge in [0.15, 0.2) is 17.3 Å². The van der Waals surface area contributed by atoms with Crippen LogP contribution in [0.5, 0.6) is 5.75 Å². The normalized spacial score (nSPS) is 10.2. The Kier molecular flexibility index (Phi) is 5.96. The van der Waals surface area contributed by atoms with Crippen molar-refractivity contribution >= 4 is 28.9 Å². The average molecular weight is 376 g/mol. The molecule has 0 unspecified atom stereocenters. The average Bonchev–Trinajstić information content (AvgIpc) is 2.70. The monoisotopic (exact) mass is 376 g/mol. The Bertz CT molecular complexity index is 952. The predicted molar refractivity (Wildman–Crippen MR) is 107 cm³/mol. The van der Waals surface area contributed by atoms with Crippen LogP contribution in [0.3, 0.4) is 0 Å². The van der Waals surface area contributed by atoms with Gasteiger partial charge in [0, 0.05) is 16.9 Å². The van der Waals surface area contributed by atoms with Crippen molar-refractivity contribution in [3.05, 3.63) is 71.9 Å². The molecule has 0 fully saturated rings. The van der Waals surface area contributed by atoms with Gasteiger partial charge >= 0.3 is 0 Å². The van der Waals surface area contributed by atoms with Crippen LogP contribution in [0.1, 0.15) is 34.7 Å². The number of hydrogen-bond donors (Lipinski definition) is 2. The first-order valence-corrected chi connectivity index (χ1v) is 8.81. The number of carbonyl (C=O) groups is 2. The number of carbonyl (C=O) groups excluding carboxylic acids is 2. The summed E-state index contributed by atoms with van der Waals surface area (Å²) >= 11 is 0. The molecule has 7 heteroatoms. The van der Waals surface area contributed by atoms with E-state index in [9.17, 15) is 9.59 Å². The number of amides is 1. The number of benzene rings is 2. The maximum Gasteiger partial charge on any atom is 0.276 e. The van der Waals surface area contributed by atoms with Crippen LogP contribution in [-0.2, 0) is 0 Å². The highest BCUT2D eigenvalue weighted by Crippen LogP contribution is 2.19. The molecule has 2 aromatic carbocycles. The Hall–Kier alpha value is -3.74. The number of hydrogen-bond acceptors (Lipinski definition) is 6. The molecule has 0 atom stereocenters. The highest BCUT2D eigenvalue weighted by molar-refractivity contribution is 6.03. The van der Waals surface area contributed by atoms with Gasteiger partial charge in [-0.05, 0) is 74.5 Å². The molecule has 28 heavy (non-hydrogen) atoms. The fourth-order valence-corrected chi connectivity index (χ4v) is 2.45. The van der Waals surface area contributed by atoms with Crippen LogP contribution in [0, 0.1) is 0 Å². The van der Waals surface area contributed by atoms with Crippen LogP contribution in [0.4, 0.5) is 17.2 Å². The van der Waals surface area contributed by atoms with Gasteiger partial charge in [-0.1, -0.05) is 0 Å². The summed E-state index contributed by atoms with van der Waals surface area (Å²) in [5.74, 6) is 0.907. The maximum atomic E-state index is 12.3. The van der Waals surface area contributed by atoms with Gasteiger partial charge in [0.25, 0.3) is 5.91 Å². The Labute approximate surface area is 162 Å². The maximum absolute atomic E-state index is 12.3. The number of nitrogens with one attached hydrogen (secondary N) is 2. The zero-order chi connectivity index (χ0) is 19.9. The summed E-state index contributed by atoms with van der Waals surface area (Å²) in [6, 6.07) is 17.4. The molecule has 0 saturated heterocycles. The summed E-state index contributed by atoms with van der Waals surface area (Å²) in [4.78, 5) is 23.6. The molecular weight excluding hydrogens is 356 g/mol. The van der Waals surface area contributed by atoms with Crippen LogP contribution in [-0.4, -0.2) is 28.5 Å². The summed E-state index contributed by atoms with van der Waals surface area (Å²) in [5, 5.41) is 13.8. The Morgan fingerprint density at radius 3 is 2.14 bits per heavy atom. The second kappa shape index (κ2) is 8.77. The van der Waals surface area contributed by atoms with Gasteiger partial charge in [0.2, 0.25) is 0 Å². The summed E-state index contributed by atoms with van der Waals surface area (Å²) in [6.07, 6.45) is 0. The van der Waals surface area contributed by atoms with Gasteiger partial charge in [-0.3, -0.25) is 9.59 Å². The number of ketones is 1. The van der Waals surface area contributed by atoms with E-state index in [0.717, 1.165) is 11.4 Å². The molecular formula is C21H20N4O3. The van der Waals surface area contributed by atoms with Crippen LogP contribution < -0.4 is 15.4 Å². The minimum atomic E-state index is -0.379. The van der Waals surface area contributed by atoms with Crippen LogP contribution >= 0.6 is 0 Å². The summed E-state index contributed by atoms with van der Waals surface area (Å²) in [6.45, 7) is 4.04. The van der Waals surface area contributed by atoms with E-state index in [2.05, 4.69) is 20.8 Å². The number of nitrogens with zero attached hydrogens (tertiary/aromatic N) is 2. The van der Waals surface area contributed by atoms with Gasteiger partial charge < -0.3 is 15.4 Å². The molecule has 3 rings (SSSR count). The molecule has 0 radical (unpaired) electrons. The molecule has 1 amide bonds. The topological polar surface area (TPSA) is 93.2 Å². The lowest BCUT2D eigenvalue weighted by Crippen LogP contribution is -2.14. The largest absolute Gasteiger partial charge is 0.494 e. The molecule has 3 aromatic rings. The SMILES string of the molecule is CCOc1ccc(Nc2ccc(C(=O)Nc3ccc(C(C)=O)cc3)nn2)cc1. The van der Waals surface area contributed by atoms with Crippen molar-refractivity contribution in [3.63, 3.8) is 0 Å². The lowest BCUT2D eigenvalue weighted by molar-refractivity contribution is 0.101. The van der Waals surface area contributed by atoms with Crippen molar-refractivity contribution in [2.24, 2.45) is 0 Å². The van der Waals surface area contributed by atoms with Crippen molar-refractivity contribution in [2.75, 3.05) is 17.2 Å². The smallest absolute Gasteiger partial charge is 0.276 e. The van der Waals surface area contributed by atoms with E-state index >= 15 is 0 Å². The van der Waals surface area contributed by atoms with Crippen LogP contribution in [0.2, 0.25) is 0 Å². The number of aromatic nitrogens is 2. The zero-order valence-electron chi connectivity index (χ0n) is 15.6. The first-order valence-electron chi connectivity index (χ1n) is 8.81. The molecule has 1 aromatic heterocycles. The van der Waals surface area contributed by atoms with Gasteiger partial charge in [-0.15, -0.1) is 10.2 Å². The molecule has 0 aliphatic carbocycles. The molecule has 0 spiro atoms. The first kappa shape index (κ1) is 19.0. The highest BCUT2D eigenvalue weighted by atomic mass is 16.5. The third kappa shape index (κ3) is 4.91. The number of Topliss-reactive ketones (excluding diaryl/α,β-unsaturated/α-hetero) is 1. The molecule has 0 aliphatic rings. The molecule has 0 bridgehead atoms. The van der Waals surface area contributed by atoms with E-state index in [1.165, 1.54) is 6.92 Å². The molecule has 0 saturated carbocycles. The highest BCUT2D eigenvalue weighted by Gasteiger charge is 2.09. The molecule has 2 N–H and O–H groups in total. The minimum Gasteiger partial charge on any atom is -0.494 e. The van der Waals surface area contributed by atoms with Gasteiger partial charge in [0.1, 0.15) is 5.75 Å². The zero-order valence-corrected chi connectivity index (χ0v) is 15.6. The predicted octanol–water partition coefficient (Wildman–Crippen LogP) is 4.07. The van der Waals surface area contributed by atoms with E-state index < -0.39 is 0 Å². The fourth-order valence-electron chi connectivity index (χ4n) is 2.45. The molecule has 1 heterocycles. The standard InChI is InChI=1S/C21H20N4O3/c1-3-28-18-10-8-16(9-11-18)22-20-13-12-19(24-25-20)21(27)23-17-6-4-15(5-7-17)14(2)26/h4-13H,3H2,1-2H3,(H,22,25)(H,23,27). The minimum absolute atomic E-state index is 0.0284. The third-order valence-corrected chi connectivity index (χ3v) is 3.88. The van der Waals surface area contributed by atoms with Crippen molar-refractivity contribution in [1.82, 2.24) is 10.2 Å². The van der Waals surface area contributed by atoms with E-state index in [0.29, 0.717) is 23.7 Å². The molecule has 142 valence electrons. The van der Waals surface area contributed by atoms with Gasteiger partial charge in [-0.2, -0.15) is 0 Å². The fraction of sp³-hybridized carbons (Fsp3) is 0.143. The first-order chi connectivity index (χ1) is 13.5. The quantitative estimate of drug-likeness (QED) is 0.604. The lowest BCUT2D eigenvalue weighted by Gasteiger charge is -2.08. The van der Waals surface area contributed by atoms with Crippen molar-refractivity contribution in [2.45, 2.75) is 13.8 Å². The van der Waals surface area contributed by atoms with E-state index in [1.807, 2.05) is 31.2 Å². The summed E-state index contributed by atoms with van der Waals surface area (Å²) in [5.41, 5.74) is 2.18. The van der Waals surface area contributed by atoms with Crippen molar-refractivity contribution in [3.8, 4) is 5.75 Å². The summed E-state index contributed by atoms with van der Waals surface area (Å²) in [7, 11) is 0. The van der Waals surface area contributed by atoms with Crippen molar-refractivity contribution in [1.29, 1.82) is 0 Å².